The minimum absolute atomic E-state index is 0.0625. The van der Waals surface area contributed by atoms with E-state index in [0.717, 1.165) is 28.9 Å². The van der Waals surface area contributed by atoms with Crippen molar-refractivity contribution in [1.29, 1.82) is 0 Å². The van der Waals surface area contributed by atoms with Gasteiger partial charge in [0.2, 0.25) is 0 Å². The summed E-state index contributed by atoms with van der Waals surface area (Å²) in [6.07, 6.45) is 0.839. The highest BCUT2D eigenvalue weighted by Crippen LogP contribution is 2.33. The van der Waals surface area contributed by atoms with E-state index in [0.29, 0.717) is 0 Å². The molecular weight excluding hydrogens is 250 g/mol. The van der Waals surface area contributed by atoms with Crippen molar-refractivity contribution in [2.24, 2.45) is 0 Å². The molecule has 0 saturated heterocycles. The van der Waals surface area contributed by atoms with Crippen LogP contribution in [0.25, 0.3) is 0 Å². The van der Waals surface area contributed by atoms with E-state index in [1.807, 2.05) is 60.5 Å². The molecule has 0 spiro atoms. The number of ether oxygens (including phenoxy) is 1. The summed E-state index contributed by atoms with van der Waals surface area (Å²) in [4.78, 5) is 14.3. The van der Waals surface area contributed by atoms with Gasteiger partial charge < -0.3 is 9.64 Å². The van der Waals surface area contributed by atoms with Gasteiger partial charge in [-0.3, -0.25) is 4.79 Å². The molecule has 0 bridgehead atoms. The first-order chi connectivity index (χ1) is 9.70. The first kappa shape index (κ1) is 12.7. The molecule has 1 atom stereocenters. The van der Waals surface area contributed by atoms with Crippen molar-refractivity contribution in [3.63, 3.8) is 0 Å². The molecule has 2 aromatic rings. The van der Waals surface area contributed by atoms with Gasteiger partial charge >= 0.3 is 0 Å². The Labute approximate surface area is 118 Å². The second kappa shape index (κ2) is 5.00. The number of amides is 1. The number of carbonyl (C=O) groups is 1. The van der Waals surface area contributed by atoms with Crippen LogP contribution in [0.3, 0.4) is 0 Å². The minimum Gasteiger partial charge on any atom is -0.497 e. The summed E-state index contributed by atoms with van der Waals surface area (Å²) in [6, 6.07) is 15.8. The highest BCUT2D eigenvalue weighted by Gasteiger charge is 2.30. The minimum atomic E-state index is 0.0625. The fraction of sp³-hybridized carbons (Fsp3) is 0.235. The third-order valence-electron chi connectivity index (χ3n) is 3.93. The quantitative estimate of drug-likeness (QED) is 0.837. The number of benzene rings is 2. The first-order valence-corrected chi connectivity index (χ1v) is 6.69. The number of carbonyl (C=O) groups excluding carboxylic acids is 1. The van der Waals surface area contributed by atoms with Gasteiger partial charge in [0.15, 0.2) is 0 Å². The molecule has 1 aliphatic rings. The van der Waals surface area contributed by atoms with E-state index in [-0.39, 0.29) is 11.9 Å². The van der Waals surface area contributed by atoms with E-state index in [1.165, 1.54) is 0 Å². The van der Waals surface area contributed by atoms with E-state index < -0.39 is 0 Å². The van der Waals surface area contributed by atoms with E-state index >= 15 is 0 Å². The SMILES string of the molecule is COc1cccc(C2Cc3ccccc3C(=O)N2C)c1. The molecule has 0 aliphatic carbocycles. The van der Waals surface area contributed by atoms with Gasteiger partial charge in [-0.15, -0.1) is 0 Å². The maximum absolute atomic E-state index is 12.4. The van der Waals surface area contributed by atoms with Crippen LogP contribution in [-0.2, 0) is 6.42 Å². The maximum Gasteiger partial charge on any atom is 0.254 e. The zero-order valence-electron chi connectivity index (χ0n) is 11.7. The lowest BCUT2D eigenvalue weighted by Gasteiger charge is -2.34. The standard InChI is InChI=1S/C17H17NO2/c1-18-16(13-7-5-8-14(10-13)20-2)11-12-6-3-4-9-15(12)17(18)19/h3-10,16H,11H2,1-2H3. The number of nitrogens with zero attached hydrogens (tertiary/aromatic N) is 1. The summed E-state index contributed by atoms with van der Waals surface area (Å²) in [5.41, 5.74) is 3.03. The lowest BCUT2D eigenvalue weighted by molar-refractivity contribution is 0.0705. The number of hydrogen-bond donors (Lipinski definition) is 0. The van der Waals surface area contributed by atoms with Crippen LogP contribution in [0.5, 0.6) is 5.75 Å². The second-order valence-electron chi connectivity index (χ2n) is 5.07. The van der Waals surface area contributed by atoms with Crippen molar-refractivity contribution in [2.75, 3.05) is 14.2 Å². The van der Waals surface area contributed by atoms with Gasteiger partial charge in [0, 0.05) is 12.6 Å². The third kappa shape index (κ3) is 2.05. The van der Waals surface area contributed by atoms with Gasteiger partial charge in [-0.2, -0.15) is 0 Å². The average molecular weight is 267 g/mol. The maximum atomic E-state index is 12.4. The zero-order chi connectivity index (χ0) is 14.1. The monoisotopic (exact) mass is 267 g/mol. The molecular formula is C17H17NO2. The van der Waals surface area contributed by atoms with Crippen molar-refractivity contribution >= 4 is 5.91 Å². The number of methoxy groups -OCH3 is 1. The fourth-order valence-electron chi connectivity index (χ4n) is 2.77. The molecule has 0 fully saturated rings. The van der Waals surface area contributed by atoms with Crippen molar-refractivity contribution in [1.82, 2.24) is 4.90 Å². The van der Waals surface area contributed by atoms with E-state index in [9.17, 15) is 4.79 Å². The molecule has 0 aromatic heterocycles. The molecule has 1 amide bonds. The number of fused-ring (bicyclic) bond motifs is 1. The smallest absolute Gasteiger partial charge is 0.254 e. The molecule has 0 N–H and O–H groups in total. The van der Waals surface area contributed by atoms with Gasteiger partial charge in [0.25, 0.3) is 5.91 Å². The molecule has 3 heteroatoms. The molecule has 0 saturated carbocycles. The van der Waals surface area contributed by atoms with Crippen molar-refractivity contribution in [3.05, 3.63) is 65.2 Å². The van der Waals surface area contributed by atoms with Crippen molar-refractivity contribution in [3.8, 4) is 5.75 Å². The topological polar surface area (TPSA) is 29.5 Å². The second-order valence-corrected chi connectivity index (χ2v) is 5.07. The van der Waals surface area contributed by atoms with Crippen LogP contribution in [0.2, 0.25) is 0 Å². The molecule has 2 aromatic carbocycles. The Balaban J connectivity index is 2.01. The summed E-state index contributed by atoms with van der Waals surface area (Å²) in [5, 5.41) is 0. The largest absolute Gasteiger partial charge is 0.497 e. The average Bonchev–Trinajstić information content (AvgIpc) is 2.51. The third-order valence-corrected chi connectivity index (χ3v) is 3.93. The van der Waals surface area contributed by atoms with E-state index in [2.05, 4.69) is 0 Å². The van der Waals surface area contributed by atoms with Gasteiger partial charge in [0.1, 0.15) is 5.75 Å². The van der Waals surface area contributed by atoms with Crippen LogP contribution >= 0.6 is 0 Å². The lowest BCUT2D eigenvalue weighted by atomic mass is 9.90. The molecule has 20 heavy (non-hydrogen) atoms. The summed E-state index contributed by atoms with van der Waals surface area (Å²) in [5.74, 6) is 0.905. The molecule has 102 valence electrons. The predicted molar refractivity (Wildman–Crippen MR) is 78.0 cm³/mol. The highest BCUT2D eigenvalue weighted by atomic mass is 16.5. The molecule has 0 radical (unpaired) electrons. The molecule has 3 rings (SSSR count). The van der Waals surface area contributed by atoms with Crippen LogP contribution in [0.4, 0.5) is 0 Å². The van der Waals surface area contributed by atoms with Gasteiger partial charge in [-0.05, 0) is 35.7 Å². The fourth-order valence-corrected chi connectivity index (χ4v) is 2.77. The first-order valence-electron chi connectivity index (χ1n) is 6.69. The Morgan fingerprint density at radius 1 is 1.15 bits per heavy atom. The number of rotatable bonds is 2. The van der Waals surface area contributed by atoms with Crippen LogP contribution in [0.1, 0.15) is 27.5 Å². The van der Waals surface area contributed by atoms with Crippen molar-refractivity contribution < 1.29 is 9.53 Å². The Kier molecular flexibility index (Phi) is 3.18. The Hall–Kier alpha value is -2.29. The highest BCUT2D eigenvalue weighted by molar-refractivity contribution is 5.97. The Bertz CT molecular complexity index is 651. The number of likely N-dealkylation sites (N-methyl/N-ethyl adjacent to an activating group) is 1. The van der Waals surface area contributed by atoms with Crippen LogP contribution in [0, 0.1) is 0 Å². The zero-order valence-corrected chi connectivity index (χ0v) is 11.7. The lowest BCUT2D eigenvalue weighted by Crippen LogP contribution is -2.37. The molecule has 1 unspecified atom stereocenters. The van der Waals surface area contributed by atoms with Crippen LogP contribution in [0.15, 0.2) is 48.5 Å². The summed E-state index contributed by atoms with van der Waals surface area (Å²) >= 11 is 0. The molecule has 1 heterocycles. The van der Waals surface area contributed by atoms with Gasteiger partial charge in [0.05, 0.1) is 13.2 Å². The number of hydrogen-bond acceptors (Lipinski definition) is 2. The normalized spacial score (nSPS) is 17.8. The Morgan fingerprint density at radius 3 is 2.75 bits per heavy atom. The molecule has 1 aliphatic heterocycles. The van der Waals surface area contributed by atoms with Gasteiger partial charge in [-0.25, -0.2) is 0 Å². The Morgan fingerprint density at radius 2 is 1.95 bits per heavy atom. The van der Waals surface area contributed by atoms with E-state index in [1.54, 1.807) is 7.11 Å². The summed E-state index contributed by atoms with van der Waals surface area (Å²) in [6.45, 7) is 0. The van der Waals surface area contributed by atoms with Gasteiger partial charge in [-0.1, -0.05) is 30.3 Å². The van der Waals surface area contributed by atoms with Crippen LogP contribution < -0.4 is 4.74 Å². The predicted octanol–water partition coefficient (Wildman–Crippen LogP) is 3.06. The summed E-state index contributed by atoms with van der Waals surface area (Å²) < 4.78 is 5.27. The molecule has 3 nitrogen and oxygen atoms in total. The summed E-state index contributed by atoms with van der Waals surface area (Å²) in [7, 11) is 3.52. The van der Waals surface area contributed by atoms with Crippen LogP contribution in [-0.4, -0.2) is 25.0 Å². The van der Waals surface area contributed by atoms with Crippen molar-refractivity contribution in [2.45, 2.75) is 12.5 Å². The van der Waals surface area contributed by atoms with E-state index in [4.69, 9.17) is 4.74 Å².